The zero-order chi connectivity index (χ0) is 11.8. The first-order chi connectivity index (χ1) is 7.55. The number of thiazole rings is 1. The van der Waals surface area contributed by atoms with Crippen molar-refractivity contribution in [2.75, 3.05) is 13.2 Å². The maximum absolute atomic E-state index is 12.2. The number of sulfonamides is 1. The SMILES string of the molecule is Cc1ncc(S(=O)(=O)N(CCO)C2CC2)s1. The van der Waals surface area contributed by atoms with Crippen LogP contribution < -0.4 is 0 Å². The molecule has 0 amide bonds. The molecule has 16 heavy (non-hydrogen) atoms. The van der Waals surface area contributed by atoms with E-state index in [0.717, 1.165) is 17.8 Å². The van der Waals surface area contributed by atoms with Gasteiger partial charge < -0.3 is 5.11 Å². The number of aromatic nitrogens is 1. The van der Waals surface area contributed by atoms with Crippen LogP contribution in [0.25, 0.3) is 0 Å². The van der Waals surface area contributed by atoms with Crippen LogP contribution in [-0.4, -0.2) is 42.0 Å². The minimum atomic E-state index is -3.45. The molecule has 0 saturated heterocycles. The summed E-state index contributed by atoms with van der Waals surface area (Å²) in [5.41, 5.74) is 0. The Bertz CT molecular complexity index is 465. The highest BCUT2D eigenvalue weighted by Gasteiger charge is 2.38. The Balaban J connectivity index is 2.28. The average Bonchev–Trinajstić information content (AvgIpc) is 2.96. The van der Waals surface area contributed by atoms with Crippen molar-refractivity contribution in [1.82, 2.24) is 9.29 Å². The standard InChI is InChI=1S/C9H14N2O3S2/c1-7-10-6-9(15-7)16(13,14)11(4-5-12)8-2-3-8/h6,8,12H,2-5H2,1H3. The Morgan fingerprint density at radius 3 is 2.75 bits per heavy atom. The van der Waals surface area contributed by atoms with Gasteiger partial charge in [0, 0.05) is 12.6 Å². The zero-order valence-electron chi connectivity index (χ0n) is 8.96. The minimum absolute atomic E-state index is 0.0690. The highest BCUT2D eigenvalue weighted by atomic mass is 32.2. The van der Waals surface area contributed by atoms with Gasteiger partial charge in [0.2, 0.25) is 0 Å². The van der Waals surface area contributed by atoms with Gasteiger partial charge in [0.05, 0.1) is 17.8 Å². The molecule has 2 rings (SSSR count). The van der Waals surface area contributed by atoms with Crippen LogP contribution in [-0.2, 0) is 10.0 Å². The number of hydrogen-bond acceptors (Lipinski definition) is 5. The van der Waals surface area contributed by atoms with E-state index < -0.39 is 10.0 Å². The summed E-state index contributed by atoms with van der Waals surface area (Å²) >= 11 is 1.17. The Morgan fingerprint density at radius 1 is 1.62 bits per heavy atom. The minimum Gasteiger partial charge on any atom is -0.395 e. The second-order valence-electron chi connectivity index (χ2n) is 3.77. The van der Waals surface area contributed by atoms with Gasteiger partial charge in [-0.25, -0.2) is 13.4 Å². The molecule has 1 aromatic rings. The van der Waals surface area contributed by atoms with E-state index in [-0.39, 0.29) is 23.4 Å². The molecule has 1 aliphatic rings. The topological polar surface area (TPSA) is 70.5 Å². The summed E-state index contributed by atoms with van der Waals surface area (Å²) in [5, 5.41) is 9.65. The number of aliphatic hydroxyl groups excluding tert-OH is 1. The van der Waals surface area contributed by atoms with E-state index in [1.54, 1.807) is 6.92 Å². The molecule has 0 unspecified atom stereocenters. The van der Waals surface area contributed by atoms with Crippen molar-refractivity contribution in [3.63, 3.8) is 0 Å². The summed E-state index contributed by atoms with van der Waals surface area (Å²) in [5.74, 6) is 0. The van der Waals surface area contributed by atoms with E-state index in [1.807, 2.05) is 0 Å². The van der Waals surface area contributed by atoms with Crippen molar-refractivity contribution in [3.05, 3.63) is 11.2 Å². The first kappa shape index (κ1) is 12.0. The van der Waals surface area contributed by atoms with Crippen LogP contribution >= 0.6 is 11.3 Å². The van der Waals surface area contributed by atoms with Crippen LogP contribution in [0.2, 0.25) is 0 Å². The summed E-state index contributed by atoms with van der Waals surface area (Å²) in [6.07, 6.45) is 3.16. The normalized spacial score (nSPS) is 16.9. The predicted molar refractivity (Wildman–Crippen MR) is 60.9 cm³/mol. The molecule has 7 heteroatoms. The van der Waals surface area contributed by atoms with Crippen molar-refractivity contribution in [2.24, 2.45) is 0 Å². The maximum Gasteiger partial charge on any atom is 0.254 e. The van der Waals surface area contributed by atoms with Gasteiger partial charge in [-0.15, -0.1) is 11.3 Å². The molecule has 0 aliphatic heterocycles. The second kappa shape index (κ2) is 4.40. The zero-order valence-corrected chi connectivity index (χ0v) is 10.6. The molecule has 0 atom stereocenters. The fraction of sp³-hybridized carbons (Fsp3) is 0.667. The average molecular weight is 262 g/mol. The number of hydrogen-bond donors (Lipinski definition) is 1. The Labute approximate surface area is 98.8 Å². The second-order valence-corrected chi connectivity index (χ2v) is 7.12. The van der Waals surface area contributed by atoms with E-state index in [4.69, 9.17) is 5.11 Å². The predicted octanol–water partition coefficient (Wildman–Crippen LogP) is 0.597. The quantitative estimate of drug-likeness (QED) is 0.843. The maximum atomic E-state index is 12.2. The van der Waals surface area contributed by atoms with Gasteiger partial charge in [-0.05, 0) is 19.8 Å². The van der Waals surface area contributed by atoms with Gasteiger partial charge in [-0.3, -0.25) is 0 Å². The third-order valence-corrected chi connectivity index (χ3v) is 5.74. The Morgan fingerprint density at radius 2 is 2.31 bits per heavy atom. The summed E-state index contributed by atoms with van der Waals surface area (Å²) in [4.78, 5) is 3.96. The van der Waals surface area contributed by atoms with Crippen LogP contribution in [0.4, 0.5) is 0 Å². The summed E-state index contributed by atoms with van der Waals surface area (Å²) in [6, 6.07) is 0.0690. The number of nitrogens with zero attached hydrogens (tertiary/aromatic N) is 2. The van der Waals surface area contributed by atoms with E-state index in [0.29, 0.717) is 0 Å². The molecular weight excluding hydrogens is 248 g/mol. The molecule has 0 bridgehead atoms. The van der Waals surface area contributed by atoms with Crippen LogP contribution in [0.15, 0.2) is 10.4 Å². The molecule has 1 saturated carbocycles. The molecule has 1 aliphatic carbocycles. The monoisotopic (exact) mass is 262 g/mol. The third-order valence-electron chi connectivity index (χ3n) is 2.44. The van der Waals surface area contributed by atoms with Crippen molar-refractivity contribution < 1.29 is 13.5 Å². The van der Waals surface area contributed by atoms with E-state index in [9.17, 15) is 8.42 Å². The third kappa shape index (κ3) is 2.27. The van der Waals surface area contributed by atoms with Gasteiger partial charge in [0.15, 0.2) is 4.21 Å². The van der Waals surface area contributed by atoms with Crippen LogP contribution in [0.1, 0.15) is 17.8 Å². The molecule has 1 N–H and O–H groups in total. The number of aryl methyl sites for hydroxylation is 1. The van der Waals surface area contributed by atoms with Gasteiger partial charge in [0.1, 0.15) is 0 Å². The molecule has 1 fully saturated rings. The van der Waals surface area contributed by atoms with Gasteiger partial charge in [0.25, 0.3) is 10.0 Å². The molecule has 1 heterocycles. The molecule has 0 aromatic carbocycles. The summed E-state index contributed by atoms with van der Waals surface area (Å²) < 4.78 is 26.1. The van der Waals surface area contributed by atoms with Gasteiger partial charge in [-0.2, -0.15) is 4.31 Å². The largest absolute Gasteiger partial charge is 0.395 e. The highest BCUT2D eigenvalue weighted by Crippen LogP contribution is 2.33. The van der Waals surface area contributed by atoms with Crippen molar-refractivity contribution in [1.29, 1.82) is 0 Å². The number of rotatable bonds is 5. The highest BCUT2D eigenvalue weighted by molar-refractivity contribution is 7.91. The van der Waals surface area contributed by atoms with Gasteiger partial charge in [-0.1, -0.05) is 0 Å². The van der Waals surface area contributed by atoms with Crippen molar-refractivity contribution in [2.45, 2.75) is 30.0 Å². The molecule has 0 radical (unpaired) electrons. The molecule has 5 nitrogen and oxygen atoms in total. The van der Waals surface area contributed by atoms with Crippen molar-refractivity contribution >= 4 is 21.4 Å². The van der Waals surface area contributed by atoms with Crippen LogP contribution in [0, 0.1) is 6.92 Å². The smallest absolute Gasteiger partial charge is 0.254 e. The van der Waals surface area contributed by atoms with Crippen LogP contribution in [0.3, 0.4) is 0 Å². The molecule has 0 spiro atoms. The van der Waals surface area contributed by atoms with Crippen molar-refractivity contribution in [3.8, 4) is 0 Å². The lowest BCUT2D eigenvalue weighted by molar-refractivity contribution is 0.250. The molecule has 1 aromatic heterocycles. The summed E-state index contributed by atoms with van der Waals surface area (Å²) in [6.45, 7) is 1.80. The lowest BCUT2D eigenvalue weighted by atomic mass is 10.6. The molecular formula is C9H14N2O3S2. The molecule has 90 valence electrons. The fourth-order valence-corrected chi connectivity index (χ4v) is 4.45. The Hall–Kier alpha value is -0.500. The first-order valence-corrected chi connectivity index (χ1v) is 7.36. The lowest BCUT2D eigenvalue weighted by Gasteiger charge is -2.19. The van der Waals surface area contributed by atoms with Gasteiger partial charge >= 0.3 is 0 Å². The van der Waals surface area contributed by atoms with E-state index in [1.165, 1.54) is 21.8 Å². The summed E-state index contributed by atoms with van der Waals surface area (Å²) in [7, 11) is -3.45. The van der Waals surface area contributed by atoms with E-state index >= 15 is 0 Å². The Kier molecular flexibility index (Phi) is 3.29. The first-order valence-electron chi connectivity index (χ1n) is 5.11. The van der Waals surface area contributed by atoms with E-state index in [2.05, 4.69) is 4.98 Å². The fourth-order valence-electron chi connectivity index (χ4n) is 1.54. The number of aliphatic hydroxyl groups is 1. The van der Waals surface area contributed by atoms with Crippen LogP contribution in [0.5, 0.6) is 0 Å². The lowest BCUT2D eigenvalue weighted by Crippen LogP contribution is -2.35.